The Morgan fingerprint density at radius 3 is 2.06 bits per heavy atom. The van der Waals surface area contributed by atoms with Gasteiger partial charge in [0.15, 0.2) is 0 Å². The van der Waals surface area contributed by atoms with Crippen LogP contribution in [0.2, 0.25) is 0 Å². The minimum absolute atomic E-state index is 0.0601. The van der Waals surface area contributed by atoms with Gasteiger partial charge in [-0.2, -0.15) is 0 Å². The number of rotatable bonds is 5. The van der Waals surface area contributed by atoms with E-state index in [9.17, 15) is 9.59 Å². The van der Waals surface area contributed by atoms with Crippen LogP contribution in [0.5, 0.6) is 0 Å². The molecule has 0 aromatic carbocycles. The molecule has 4 heteroatoms. The summed E-state index contributed by atoms with van der Waals surface area (Å²) in [5, 5.41) is 8.24. The first-order chi connectivity index (χ1) is 7.90. The van der Waals surface area contributed by atoms with E-state index in [0.717, 1.165) is 12.8 Å². The molecule has 1 atom stereocenters. The number of aliphatic carboxylic acids is 1. The number of carboxylic acids is 1. The van der Waals surface area contributed by atoms with Crippen molar-refractivity contribution in [1.29, 1.82) is 0 Å². The lowest BCUT2D eigenvalue weighted by Gasteiger charge is -2.05. The molecule has 0 fully saturated rings. The predicted octanol–water partition coefficient (Wildman–Crippen LogP) is 3.02. The first-order valence-electron chi connectivity index (χ1n) is 5.97. The van der Waals surface area contributed by atoms with Gasteiger partial charge in [-0.25, -0.2) is 4.79 Å². The Balaban J connectivity index is 0. The van der Waals surface area contributed by atoms with E-state index in [1.165, 1.54) is 0 Å². The number of esters is 1. The zero-order valence-corrected chi connectivity index (χ0v) is 11.4. The molecule has 0 aromatic heterocycles. The second-order valence-corrected chi connectivity index (χ2v) is 3.66. The highest BCUT2D eigenvalue weighted by atomic mass is 16.5. The van der Waals surface area contributed by atoms with Crippen LogP contribution in [0.3, 0.4) is 0 Å². The largest absolute Gasteiger partial charge is 0.478 e. The van der Waals surface area contributed by atoms with Crippen molar-refractivity contribution in [1.82, 2.24) is 0 Å². The van der Waals surface area contributed by atoms with Gasteiger partial charge in [-0.3, -0.25) is 4.79 Å². The third-order valence-electron chi connectivity index (χ3n) is 2.15. The number of carbonyl (C=O) groups is 2. The minimum Gasteiger partial charge on any atom is -0.478 e. The summed E-state index contributed by atoms with van der Waals surface area (Å²) >= 11 is 0. The number of ether oxygens (including phenoxy) is 1. The average Bonchev–Trinajstić information content (AvgIpc) is 2.29. The quantitative estimate of drug-likeness (QED) is 0.596. The molecule has 0 saturated carbocycles. The van der Waals surface area contributed by atoms with Crippen LogP contribution < -0.4 is 0 Å². The maximum Gasteiger partial charge on any atom is 0.330 e. The second kappa shape index (κ2) is 11.2. The summed E-state index contributed by atoms with van der Waals surface area (Å²) in [4.78, 5) is 20.8. The summed E-state index contributed by atoms with van der Waals surface area (Å²) in [6.07, 6.45) is 3.33. The Morgan fingerprint density at radius 2 is 1.82 bits per heavy atom. The Morgan fingerprint density at radius 1 is 1.29 bits per heavy atom. The van der Waals surface area contributed by atoms with Crippen LogP contribution in [0.25, 0.3) is 0 Å². The average molecular weight is 244 g/mol. The summed E-state index contributed by atoms with van der Waals surface area (Å²) in [6.45, 7) is 9.65. The zero-order valence-electron chi connectivity index (χ0n) is 11.4. The predicted molar refractivity (Wildman–Crippen MR) is 67.8 cm³/mol. The molecule has 0 heterocycles. The van der Waals surface area contributed by atoms with E-state index >= 15 is 0 Å². The van der Waals surface area contributed by atoms with Gasteiger partial charge in [0.2, 0.25) is 0 Å². The van der Waals surface area contributed by atoms with Crippen molar-refractivity contribution >= 4 is 11.9 Å². The number of hydrogen-bond acceptors (Lipinski definition) is 3. The molecular weight excluding hydrogens is 220 g/mol. The standard InChI is InChI=1S/C7H14O2.C6H10O2/c1-4-6(3)7(8)9-5-2;1-3-4-5(2)6(7)8/h6H,4-5H2,1-3H3;4H,3H2,1-2H3,(H,7,8). The third kappa shape index (κ3) is 11.0. The molecule has 0 rings (SSSR count). The van der Waals surface area contributed by atoms with Crippen LogP contribution in [-0.2, 0) is 14.3 Å². The summed E-state index contributed by atoms with van der Waals surface area (Å²) in [5.74, 6) is -0.850. The van der Waals surface area contributed by atoms with Crippen LogP contribution >= 0.6 is 0 Å². The summed E-state index contributed by atoms with van der Waals surface area (Å²) in [6, 6.07) is 0. The Labute approximate surface area is 104 Å². The van der Waals surface area contributed by atoms with E-state index < -0.39 is 5.97 Å². The normalized spacial score (nSPS) is 12.2. The maximum atomic E-state index is 10.8. The maximum absolute atomic E-state index is 10.8. The highest BCUT2D eigenvalue weighted by molar-refractivity contribution is 5.85. The topological polar surface area (TPSA) is 63.6 Å². The first-order valence-corrected chi connectivity index (χ1v) is 5.97. The van der Waals surface area contributed by atoms with Crippen molar-refractivity contribution in [3.63, 3.8) is 0 Å². The fraction of sp³-hybridized carbons (Fsp3) is 0.692. The van der Waals surface area contributed by atoms with E-state index in [2.05, 4.69) is 0 Å². The Bertz CT molecular complexity index is 256. The van der Waals surface area contributed by atoms with E-state index in [4.69, 9.17) is 9.84 Å². The summed E-state index contributed by atoms with van der Waals surface area (Å²) in [7, 11) is 0. The molecule has 0 amide bonds. The van der Waals surface area contributed by atoms with Crippen LogP contribution in [0.1, 0.15) is 47.5 Å². The monoisotopic (exact) mass is 244 g/mol. The number of carboxylic acid groups (broad SMARTS) is 1. The van der Waals surface area contributed by atoms with Gasteiger partial charge >= 0.3 is 11.9 Å². The molecule has 0 aliphatic rings. The Hall–Kier alpha value is -1.32. The van der Waals surface area contributed by atoms with Crippen molar-refractivity contribution in [2.45, 2.75) is 47.5 Å². The van der Waals surface area contributed by atoms with Crippen LogP contribution in [0, 0.1) is 5.92 Å². The molecule has 0 aromatic rings. The first kappa shape index (κ1) is 18.1. The molecule has 0 spiro atoms. The molecule has 0 bridgehead atoms. The van der Waals surface area contributed by atoms with Crippen molar-refractivity contribution < 1.29 is 19.4 Å². The molecule has 17 heavy (non-hydrogen) atoms. The number of allylic oxidation sites excluding steroid dienone is 1. The molecule has 1 N–H and O–H groups in total. The van der Waals surface area contributed by atoms with E-state index in [-0.39, 0.29) is 11.9 Å². The summed E-state index contributed by atoms with van der Waals surface area (Å²) < 4.78 is 4.76. The van der Waals surface area contributed by atoms with Gasteiger partial charge in [-0.15, -0.1) is 0 Å². The Kier molecular flexibility index (Phi) is 11.9. The lowest BCUT2D eigenvalue weighted by molar-refractivity contribution is -0.147. The van der Waals surface area contributed by atoms with E-state index in [1.807, 2.05) is 27.7 Å². The fourth-order valence-corrected chi connectivity index (χ4v) is 0.845. The SMILES string of the molecule is CCC=C(C)C(=O)O.CCOC(=O)C(C)CC. The zero-order chi connectivity index (χ0) is 13.8. The molecular formula is C13H24O4. The molecule has 0 aliphatic carbocycles. The highest BCUT2D eigenvalue weighted by Gasteiger charge is 2.09. The lowest BCUT2D eigenvalue weighted by Crippen LogP contribution is -2.13. The van der Waals surface area contributed by atoms with E-state index in [1.54, 1.807) is 13.0 Å². The van der Waals surface area contributed by atoms with Gasteiger partial charge in [-0.05, 0) is 26.7 Å². The van der Waals surface area contributed by atoms with Crippen molar-refractivity contribution in [3.8, 4) is 0 Å². The van der Waals surface area contributed by atoms with Gasteiger partial charge < -0.3 is 9.84 Å². The number of hydrogen-bond donors (Lipinski definition) is 1. The van der Waals surface area contributed by atoms with Gasteiger partial charge in [0.25, 0.3) is 0 Å². The molecule has 1 unspecified atom stereocenters. The van der Waals surface area contributed by atoms with Gasteiger partial charge in [0, 0.05) is 5.57 Å². The molecule has 100 valence electrons. The fourth-order valence-electron chi connectivity index (χ4n) is 0.845. The van der Waals surface area contributed by atoms with Crippen molar-refractivity contribution in [3.05, 3.63) is 11.6 Å². The molecule has 0 aliphatic heterocycles. The van der Waals surface area contributed by atoms with Crippen LogP contribution in [-0.4, -0.2) is 23.7 Å². The van der Waals surface area contributed by atoms with Crippen LogP contribution in [0.4, 0.5) is 0 Å². The van der Waals surface area contributed by atoms with Crippen molar-refractivity contribution in [2.24, 2.45) is 5.92 Å². The highest BCUT2D eigenvalue weighted by Crippen LogP contribution is 2.02. The molecule has 0 saturated heterocycles. The smallest absolute Gasteiger partial charge is 0.330 e. The molecule has 4 nitrogen and oxygen atoms in total. The lowest BCUT2D eigenvalue weighted by atomic mass is 10.1. The van der Waals surface area contributed by atoms with Gasteiger partial charge in [0.1, 0.15) is 0 Å². The van der Waals surface area contributed by atoms with Crippen molar-refractivity contribution in [2.75, 3.05) is 6.61 Å². The third-order valence-corrected chi connectivity index (χ3v) is 2.15. The second-order valence-electron chi connectivity index (χ2n) is 3.66. The molecule has 0 radical (unpaired) electrons. The van der Waals surface area contributed by atoms with Crippen LogP contribution in [0.15, 0.2) is 11.6 Å². The minimum atomic E-state index is -0.827. The van der Waals surface area contributed by atoms with Gasteiger partial charge in [0.05, 0.1) is 12.5 Å². The number of carbonyl (C=O) groups excluding carboxylic acids is 1. The van der Waals surface area contributed by atoms with Gasteiger partial charge in [-0.1, -0.05) is 26.8 Å². The summed E-state index contributed by atoms with van der Waals surface area (Å²) in [5.41, 5.74) is 0.424. The van der Waals surface area contributed by atoms with E-state index in [0.29, 0.717) is 12.2 Å².